The van der Waals surface area contributed by atoms with E-state index in [1.807, 2.05) is 0 Å². The maximum Gasteiger partial charge on any atom is 0.274 e. The van der Waals surface area contributed by atoms with Gasteiger partial charge in [-0.05, 0) is 57.3 Å². The molecule has 216 valence electrons. The molecule has 0 bridgehead atoms. The number of benzene rings is 1. The van der Waals surface area contributed by atoms with Crippen LogP contribution in [-0.4, -0.2) is 76.6 Å². The van der Waals surface area contributed by atoms with E-state index in [2.05, 4.69) is 15.5 Å². The highest BCUT2D eigenvalue weighted by atomic mass is 19.1. The zero-order chi connectivity index (χ0) is 28.2. The van der Waals surface area contributed by atoms with E-state index in [-0.39, 0.29) is 35.3 Å². The van der Waals surface area contributed by atoms with Crippen LogP contribution in [0.3, 0.4) is 0 Å². The van der Waals surface area contributed by atoms with Gasteiger partial charge in [0.15, 0.2) is 11.4 Å². The van der Waals surface area contributed by atoms with Crippen LogP contribution < -0.4 is 16.1 Å². The molecule has 2 aromatic rings. The topological polar surface area (TPSA) is 107 Å². The van der Waals surface area contributed by atoms with E-state index >= 15 is 0 Å². The molecular weight excluding hydrogens is 520 g/mol. The van der Waals surface area contributed by atoms with E-state index in [9.17, 15) is 28.3 Å². The Kier molecular flexibility index (Phi) is 8.80. The van der Waals surface area contributed by atoms with Crippen molar-refractivity contribution in [2.75, 3.05) is 39.3 Å². The molecule has 3 aliphatic rings. The minimum absolute atomic E-state index is 0.0115. The molecule has 2 amide bonds. The number of nitrogens with one attached hydrogen (secondary N) is 2. The number of fused-ring (bicyclic) bond motifs is 1. The Morgan fingerprint density at radius 3 is 2.58 bits per heavy atom. The summed E-state index contributed by atoms with van der Waals surface area (Å²) in [5.41, 5.74) is -1.36. The highest BCUT2D eigenvalue weighted by Gasteiger charge is 2.38. The van der Waals surface area contributed by atoms with E-state index in [1.54, 1.807) is 4.90 Å². The molecule has 0 spiro atoms. The minimum atomic E-state index is -0.956. The van der Waals surface area contributed by atoms with Gasteiger partial charge in [0.25, 0.3) is 11.8 Å². The Balaban J connectivity index is 1.26. The maximum absolute atomic E-state index is 13.9. The second-order valence-corrected chi connectivity index (χ2v) is 11.0. The number of aromatic hydroxyl groups is 1. The second kappa shape index (κ2) is 12.5. The normalized spacial score (nSPS) is 21.4. The van der Waals surface area contributed by atoms with Crippen LogP contribution in [0.15, 0.2) is 29.2 Å². The molecule has 3 heterocycles. The Bertz CT molecular complexity index is 1310. The summed E-state index contributed by atoms with van der Waals surface area (Å²) < 4.78 is 28.5. The van der Waals surface area contributed by atoms with E-state index in [1.165, 1.54) is 29.7 Å². The summed E-state index contributed by atoms with van der Waals surface area (Å²) >= 11 is 0. The first-order chi connectivity index (χ1) is 19.3. The molecule has 1 saturated heterocycles. The molecule has 2 fully saturated rings. The van der Waals surface area contributed by atoms with Crippen molar-refractivity contribution < 1.29 is 23.5 Å². The van der Waals surface area contributed by atoms with Crippen molar-refractivity contribution in [1.29, 1.82) is 0 Å². The summed E-state index contributed by atoms with van der Waals surface area (Å²) in [6.45, 7) is 5.54. The SMILES string of the molecule is O=C(NCc1ccc(F)cc1F)c1cn2c(c(O)c1=O)C(=O)N([C@H]1CCCC[C@H]1CNCCN1CCCC1)CC2. The molecule has 2 aliphatic heterocycles. The van der Waals surface area contributed by atoms with Crippen LogP contribution >= 0.6 is 0 Å². The Labute approximate surface area is 232 Å². The summed E-state index contributed by atoms with van der Waals surface area (Å²) in [5.74, 6) is -3.26. The van der Waals surface area contributed by atoms with E-state index in [0.29, 0.717) is 19.2 Å². The summed E-state index contributed by atoms with van der Waals surface area (Å²) in [5, 5.41) is 16.8. The number of carbonyl (C=O) groups excluding carboxylic acids is 2. The molecule has 1 aliphatic carbocycles. The molecule has 5 rings (SSSR count). The molecule has 1 aromatic heterocycles. The molecule has 3 N–H and O–H groups in total. The second-order valence-electron chi connectivity index (χ2n) is 11.0. The smallest absolute Gasteiger partial charge is 0.274 e. The molecule has 40 heavy (non-hydrogen) atoms. The number of amides is 2. The van der Waals surface area contributed by atoms with E-state index in [4.69, 9.17) is 0 Å². The molecule has 11 heteroatoms. The monoisotopic (exact) mass is 557 g/mol. The third kappa shape index (κ3) is 6.05. The van der Waals surface area contributed by atoms with Crippen LogP contribution in [0.25, 0.3) is 0 Å². The van der Waals surface area contributed by atoms with Crippen LogP contribution in [0.4, 0.5) is 8.78 Å². The maximum atomic E-state index is 13.9. The summed E-state index contributed by atoms with van der Waals surface area (Å²) in [7, 11) is 0. The minimum Gasteiger partial charge on any atom is -0.503 e. The predicted molar refractivity (Wildman–Crippen MR) is 145 cm³/mol. The van der Waals surface area contributed by atoms with Gasteiger partial charge in [-0.3, -0.25) is 14.4 Å². The molecular formula is C29H37F2N5O4. The molecule has 0 radical (unpaired) electrons. The van der Waals surface area contributed by atoms with Gasteiger partial charge in [-0.2, -0.15) is 0 Å². The summed E-state index contributed by atoms with van der Waals surface area (Å²) in [4.78, 5) is 43.6. The zero-order valence-electron chi connectivity index (χ0n) is 22.6. The summed E-state index contributed by atoms with van der Waals surface area (Å²) in [6, 6.07) is 3.00. The average molecular weight is 558 g/mol. The average Bonchev–Trinajstić information content (AvgIpc) is 3.46. The van der Waals surface area contributed by atoms with Crippen molar-refractivity contribution >= 4 is 11.8 Å². The number of aromatic nitrogens is 1. The fourth-order valence-electron chi connectivity index (χ4n) is 6.28. The van der Waals surface area contributed by atoms with Gasteiger partial charge in [-0.15, -0.1) is 0 Å². The molecule has 2 atom stereocenters. The van der Waals surface area contributed by atoms with E-state index in [0.717, 1.165) is 64.5 Å². The third-order valence-electron chi connectivity index (χ3n) is 8.48. The first-order valence-corrected chi connectivity index (χ1v) is 14.3. The Morgan fingerprint density at radius 2 is 1.80 bits per heavy atom. The Hall–Kier alpha value is -3.31. The lowest BCUT2D eigenvalue weighted by atomic mass is 9.83. The van der Waals surface area contributed by atoms with Crippen LogP contribution in [0.2, 0.25) is 0 Å². The number of nitrogens with zero attached hydrogens (tertiary/aromatic N) is 3. The van der Waals surface area contributed by atoms with Gasteiger partial charge in [-0.25, -0.2) is 8.78 Å². The van der Waals surface area contributed by atoms with Crippen molar-refractivity contribution in [1.82, 2.24) is 25.0 Å². The van der Waals surface area contributed by atoms with Gasteiger partial charge in [0, 0.05) is 56.6 Å². The number of likely N-dealkylation sites (tertiary alicyclic amines) is 1. The highest BCUT2D eigenvalue weighted by molar-refractivity contribution is 5.99. The van der Waals surface area contributed by atoms with Gasteiger partial charge in [0.1, 0.15) is 17.2 Å². The van der Waals surface area contributed by atoms with E-state index < -0.39 is 34.6 Å². The van der Waals surface area contributed by atoms with Gasteiger partial charge >= 0.3 is 0 Å². The number of rotatable bonds is 9. The van der Waals surface area contributed by atoms with Crippen molar-refractivity contribution in [2.45, 2.75) is 57.7 Å². The summed E-state index contributed by atoms with van der Waals surface area (Å²) in [6.07, 6.45) is 7.82. The highest BCUT2D eigenvalue weighted by Crippen LogP contribution is 2.32. The largest absolute Gasteiger partial charge is 0.503 e. The van der Waals surface area contributed by atoms with Crippen LogP contribution in [0, 0.1) is 17.6 Å². The zero-order valence-corrected chi connectivity index (χ0v) is 22.6. The van der Waals surface area contributed by atoms with Crippen molar-refractivity contribution in [3.05, 3.63) is 63.1 Å². The lowest BCUT2D eigenvalue weighted by Crippen LogP contribution is -2.53. The number of halogens is 2. The standard InChI is InChI=1S/C29H37F2N5O4/c30-21-8-7-19(23(31)15-21)17-33-28(39)22-18-35-13-14-36(29(40)25(35)27(38)26(22)37)24-6-2-1-5-20(24)16-32-9-12-34-10-3-4-11-34/h7-8,15,18,20,24,32,38H,1-6,9-14,16-17H2,(H,33,39)/t20-,24-/m0/s1. The van der Waals surface area contributed by atoms with Gasteiger partial charge in [0.2, 0.25) is 5.43 Å². The number of pyridine rings is 1. The lowest BCUT2D eigenvalue weighted by Gasteiger charge is -2.42. The predicted octanol–water partition coefficient (Wildman–Crippen LogP) is 2.46. The van der Waals surface area contributed by atoms with Crippen LogP contribution in [0.5, 0.6) is 5.75 Å². The van der Waals surface area contributed by atoms with Crippen molar-refractivity contribution in [3.8, 4) is 5.75 Å². The number of hydrogen-bond acceptors (Lipinski definition) is 6. The fourth-order valence-corrected chi connectivity index (χ4v) is 6.28. The first-order valence-electron chi connectivity index (χ1n) is 14.3. The van der Waals surface area contributed by atoms with Crippen LogP contribution in [-0.2, 0) is 13.1 Å². The number of hydrogen-bond donors (Lipinski definition) is 3. The van der Waals surface area contributed by atoms with Crippen molar-refractivity contribution in [3.63, 3.8) is 0 Å². The third-order valence-corrected chi connectivity index (χ3v) is 8.48. The van der Waals surface area contributed by atoms with Gasteiger partial charge < -0.3 is 30.1 Å². The fraction of sp³-hybridized carbons (Fsp3) is 0.552. The first kappa shape index (κ1) is 28.2. The van der Waals surface area contributed by atoms with Crippen molar-refractivity contribution in [2.24, 2.45) is 5.92 Å². The lowest BCUT2D eigenvalue weighted by molar-refractivity contribution is 0.0456. The quantitative estimate of drug-likeness (QED) is 0.409. The number of carbonyl (C=O) groups is 2. The van der Waals surface area contributed by atoms with Crippen LogP contribution in [0.1, 0.15) is 64.9 Å². The molecule has 0 unspecified atom stereocenters. The van der Waals surface area contributed by atoms with Gasteiger partial charge in [0.05, 0.1) is 0 Å². The molecule has 1 saturated carbocycles. The molecule has 1 aromatic carbocycles. The van der Waals surface area contributed by atoms with Gasteiger partial charge in [-0.1, -0.05) is 18.9 Å². The molecule has 9 nitrogen and oxygen atoms in total. The Morgan fingerprint density at radius 1 is 1.02 bits per heavy atom.